The molecule has 130 valence electrons. The van der Waals surface area contributed by atoms with Gasteiger partial charge in [-0.1, -0.05) is 37.3 Å². The average molecular weight is 332 g/mol. The fourth-order valence-electron chi connectivity index (χ4n) is 2.98. The lowest BCUT2D eigenvalue weighted by molar-refractivity contribution is -0.144. The first-order chi connectivity index (χ1) is 11.5. The fourth-order valence-corrected chi connectivity index (χ4v) is 2.98. The molecule has 1 unspecified atom stereocenters. The second kappa shape index (κ2) is 8.47. The number of aliphatic carboxylic acids is 1. The Hall–Kier alpha value is -2.37. The van der Waals surface area contributed by atoms with Crippen LogP contribution in [0.3, 0.4) is 0 Å². The predicted molar refractivity (Wildman–Crippen MR) is 89.2 cm³/mol. The van der Waals surface area contributed by atoms with E-state index in [0.717, 1.165) is 12.8 Å². The summed E-state index contributed by atoms with van der Waals surface area (Å²) < 4.78 is 0. The van der Waals surface area contributed by atoms with Gasteiger partial charge >= 0.3 is 5.97 Å². The monoisotopic (exact) mass is 332 g/mol. The number of hydrogen-bond donors (Lipinski definition) is 2. The SMILES string of the molecule is CCCC(=O)N1CCCC(C(=O)N[C@@H](C(=O)O)c2ccccc2)C1. The molecule has 1 aliphatic rings. The van der Waals surface area contributed by atoms with Gasteiger partial charge in [-0.15, -0.1) is 0 Å². The van der Waals surface area contributed by atoms with Crippen molar-refractivity contribution in [1.29, 1.82) is 0 Å². The molecule has 0 aliphatic carbocycles. The Morgan fingerprint density at radius 2 is 2.00 bits per heavy atom. The lowest BCUT2D eigenvalue weighted by Gasteiger charge is -2.32. The summed E-state index contributed by atoms with van der Waals surface area (Å²) in [6.45, 7) is 2.98. The third-order valence-electron chi connectivity index (χ3n) is 4.28. The molecular formula is C18H24N2O4. The van der Waals surface area contributed by atoms with E-state index in [2.05, 4.69) is 5.32 Å². The van der Waals surface area contributed by atoms with E-state index < -0.39 is 12.0 Å². The fraction of sp³-hybridized carbons (Fsp3) is 0.500. The van der Waals surface area contributed by atoms with Crippen LogP contribution in [0, 0.1) is 5.92 Å². The normalized spacial score (nSPS) is 18.7. The zero-order valence-electron chi connectivity index (χ0n) is 13.9. The Labute approximate surface area is 141 Å². The number of rotatable bonds is 6. The van der Waals surface area contributed by atoms with E-state index in [0.29, 0.717) is 31.5 Å². The number of carbonyl (C=O) groups excluding carboxylic acids is 2. The summed E-state index contributed by atoms with van der Waals surface area (Å²) in [5.74, 6) is -1.69. The van der Waals surface area contributed by atoms with Gasteiger partial charge in [0.1, 0.15) is 0 Å². The number of hydrogen-bond acceptors (Lipinski definition) is 3. The smallest absolute Gasteiger partial charge is 0.330 e. The average Bonchev–Trinajstić information content (AvgIpc) is 2.60. The van der Waals surface area contributed by atoms with Crippen LogP contribution in [-0.2, 0) is 14.4 Å². The van der Waals surface area contributed by atoms with Gasteiger partial charge in [-0.05, 0) is 24.8 Å². The molecule has 2 rings (SSSR count). The van der Waals surface area contributed by atoms with Crippen molar-refractivity contribution in [2.24, 2.45) is 5.92 Å². The molecule has 1 aromatic carbocycles. The minimum absolute atomic E-state index is 0.0628. The topological polar surface area (TPSA) is 86.7 Å². The van der Waals surface area contributed by atoms with Crippen molar-refractivity contribution in [2.75, 3.05) is 13.1 Å². The summed E-state index contributed by atoms with van der Waals surface area (Å²) >= 11 is 0. The molecule has 6 nitrogen and oxygen atoms in total. The van der Waals surface area contributed by atoms with Gasteiger partial charge < -0.3 is 15.3 Å². The molecule has 0 radical (unpaired) electrons. The highest BCUT2D eigenvalue weighted by atomic mass is 16.4. The summed E-state index contributed by atoms with van der Waals surface area (Å²) in [5, 5.41) is 12.0. The standard InChI is InChI=1S/C18H24N2O4/c1-2-7-15(21)20-11-6-10-14(12-20)17(22)19-16(18(23)24)13-8-4-3-5-9-13/h3-5,8-9,14,16H,2,6-7,10-12H2,1H3,(H,19,22)(H,23,24)/t14?,16-/m1/s1. The van der Waals surface area contributed by atoms with E-state index >= 15 is 0 Å². The van der Waals surface area contributed by atoms with E-state index in [9.17, 15) is 19.5 Å². The van der Waals surface area contributed by atoms with E-state index in [1.54, 1.807) is 35.2 Å². The highest BCUT2D eigenvalue weighted by molar-refractivity contribution is 5.86. The van der Waals surface area contributed by atoms with Gasteiger partial charge in [0.05, 0.1) is 5.92 Å². The van der Waals surface area contributed by atoms with Gasteiger partial charge in [0, 0.05) is 19.5 Å². The van der Waals surface area contributed by atoms with Crippen molar-refractivity contribution in [1.82, 2.24) is 10.2 Å². The molecule has 0 spiro atoms. The molecule has 0 bridgehead atoms. The van der Waals surface area contributed by atoms with Crippen LogP contribution in [0.5, 0.6) is 0 Å². The van der Waals surface area contributed by atoms with Crippen LogP contribution in [0.25, 0.3) is 0 Å². The van der Waals surface area contributed by atoms with Crippen molar-refractivity contribution >= 4 is 17.8 Å². The zero-order chi connectivity index (χ0) is 17.5. The molecule has 2 N–H and O–H groups in total. The van der Waals surface area contributed by atoms with Crippen molar-refractivity contribution in [2.45, 2.75) is 38.6 Å². The van der Waals surface area contributed by atoms with Gasteiger partial charge in [-0.3, -0.25) is 9.59 Å². The molecule has 1 aliphatic heterocycles. The van der Waals surface area contributed by atoms with Crippen LogP contribution >= 0.6 is 0 Å². The summed E-state index contributed by atoms with van der Waals surface area (Å²) in [4.78, 5) is 37.7. The Bertz CT molecular complexity index is 588. The largest absolute Gasteiger partial charge is 0.479 e. The van der Waals surface area contributed by atoms with Crippen molar-refractivity contribution in [3.8, 4) is 0 Å². The van der Waals surface area contributed by atoms with Crippen LogP contribution in [0.1, 0.15) is 44.2 Å². The Morgan fingerprint density at radius 3 is 2.62 bits per heavy atom. The molecule has 1 fully saturated rings. The highest BCUT2D eigenvalue weighted by Gasteiger charge is 2.31. The lowest BCUT2D eigenvalue weighted by atomic mass is 9.95. The van der Waals surface area contributed by atoms with Crippen molar-refractivity contribution in [3.05, 3.63) is 35.9 Å². The number of amides is 2. The third-order valence-corrected chi connectivity index (χ3v) is 4.28. The summed E-state index contributed by atoms with van der Waals surface area (Å²) in [6, 6.07) is 7.56. The molecule has 0 aromatic heterocycles. The quantitative estimate of drug-likeness (QED) is 0.834. The van der Waals surface area contributed by atoms with Crippen molar-refractivity contribution < 1.29 is 19.5 Å². The minimum Gasteiger partial charge on any atom is -0.479 e. The van der Waals surface area contributed by atoms with E-state index in [1.165, 1.54) is 0 Å². The Kier molecular flexibility index (Phi) is 6.35. The maximum Gasteiger partial charge on any atom is 0.330 e. The zero-order valence-corrected chi connectivity index (χ0v) is 13.9. The van der Waals surface area contributed by atoms with Crippen LogP contribution in [0.2, 0.25) is 0 Å². The predicted octanol–water partition coefficient (Wildman–Crippen LogP) is 1.97. The summed E-state index contributed by atoms with van der Waals surface area (Å²) in [6.07, 6.45) is 2.69. The van der Waals surface area contributed by atoms with Gasteiger partial charge in [0.2, 0.25) is 11.8 Å². The van der Waals surface area contributed by atoms with E-state index in [1.807, 2.05) is 6.92 Å². The van der Waals surface area contributed by atoms with Crippen molar-refractivity contribution in [3.63, 3.8) is 0 Å². The maximum absolute atomic E-state index is 12.5. The van der Waals surface area contributed by atoms with Crippen LogP contribution in [0.4, 0.5) is 0 Å². The first kappa shape index (κ1) is 18.0. The summed E-state index contributed by atoms with van der Waals surface area (Å²) in [5.41, 5.74) is 0.535. The second-order valence-electron chi connectivity index (χ2n) is 6.12. The van der Waals surface area contributed by atoms with Gasteiger partial charge in [0.25, 0.3) is 0 Å². The first-order valence-electron chi connectivity index (χ1n) is 8.38. The minimum atomic E-state index is -1.09. The molecule has 1 saturated heterocycles. The number of carboxylic acid groups (broad SMARTS) is 1. The lowest BCUT2D eigenvalue weighted by Crippen LogP contribution is -2.47. The number of likely N-dealkylation sites (tertiary alicyclic amines) is 1. The number of carbonyl (C=O) groups is 3. The van der Waals surface area contributed by atoms with Gasteiger partial charge in [-0.25, -0.2) is 4.79 Å². The molecule has 2 amide bonds. The number of piperidine rings is 1. The molecule has 2 atom stereocenters. The molecule has 6 heteroatoms. The summed E-state index contributed by atoms with van der Waals surface area (Å²) in [7, 11) is 0. The number of carboxylic acids is 1. The third kappa shape index (κ3) is 4.57. The highest BCUT2D eigenvalue weighted by Crippen LogP contribution is 2.20. The van der Waals surface area contributed by atoms with Crippen LogP contribution in [-0.4, -0.2) is 40.9 Å². The van der Waals surface area contributed by atoms with Gasteiger partial charge in [0.15, 0.2) is 6.04 Å². The van der Waals surface area contributed by atoms with E-state index in [-0.39, 0.29) is 17.7 Å². The Morgan fingerprint density at radius 1 is 1.29 bits per heavy atom. The molecule has 24 heavy (non-hydrogen) atoms. The van der Waals surface area contributed by atoms with Gasteiger partial charge in [-0.2, -0.15) is 0 Å². The number of nitrogens with zero attached hydrogens (tertiary/aromatic N) is 1. The Balaban J connectivity index is 2.02. The number of benzene rings is 1. The first-order valence-corrected chi connectivity index (χ1v) is 8.38. The van der Waals surface area contributed by atoms with Crippen LogP contribution in [0.15, 0.2) is 30.3 Å². The van der Waals surface area contributed by atoms with Crippen LogP contribution < -0.4 is 5.32 Å². The molecule has 1 heterocycles. The second-order valence-corrected chi connectivity index (χ2v) is 6.12. The molecule has 0 saturated carbocycles. The van der Waals surface area contributed by atoms with E-state index in [4.69, 9.17) is 0 Å². The maximum atomic E-state index is 12.5. The molecule has 1 aromatic rings. The molecular weight excluding hydrogens is 308 g/mol. The number of nitrogens with one attached hydrogen (secondary N) is 1.